The summed E-state index contributed by atoms with van der Waals surface area (Å²) in [5.41, 5.74) is 3.56. The van der Waals surface area contributed by atoms with Gasteiger partial charge in [0.25, 0.3) is 0 Å². The monoisotopic (exact) mass is 218 g/mol. The van der Waals surface area contributed by atoms with Crippen molar-refractivity contribution in [2.24, 2.45) is 0 Å². The third-order valence-corrected chi connectivity index (χ3v) is 2.57. The maximum atomic E-state index is 13.3. The molecule has 0 aliphatic heterocycles. The number of aromatic nitrogens is 1. The van der Waals surface area contributed by atoms with Gasteiger partial charge in [0.1, 0.15) is 5.82 Å². The number of pyridine rings is 1. The van der Waals surface area contributed by atoms with Crippen LogP contribution in [0.2, 0.25) is 0 Å². The Bertz CT molecular complexity index is 530. The summed E-state index contributed by atoms with van der Waals surface area (Å²) >= 11 is 0. The van der Waals surface area contributed by atoms with Gasteiger partial charge in [0.15, 0.2) is 0 Å². The van der Waals surface area contributed by atoms with Crippen molar-refractivity contribution in [1.82, 2.24) is 4.98 Å². The van der Waals surface area contributed by atoms with E-state index in [0.717, 1.165) is 28.9 Å². The molecule has 1 heterocycles. The van der Waals surface area contributed by atoms with Crippen molar-refractivity contribution in [3.63, 3.8) is 0 Å². The number of nitrogens with zero attached hydrogens (tertiary/aromatic N) is 1. The van der Waals surface area contributed by atoms with Gasteiger partial charge in [0.2, 0.25) is 0 Å². The third kappa shape index (κ3) is 1.85. The summed E-state index contributed by atoms with van der Waals surface area (Å²) in [7, 11) is 0. The van der Waals surface area contributed by atoms with Crippen molar-refractivity contribution in [2.75, 3.05) is 11.9 Å². The molecule has 0 aliphatic rings. The van der Waals surface area contributed by atoms with E-state index in [9.17, 15) is 4.39 Å². The van der Waals surface area contributed by atoms with Crippen LogP contribution in [-0.4, -0.2) is 11.5 Å². The van der Waals surface area contributed by atoms with Gasteiger partial charge in [-0.1, -0.05) is 0 Å². The van der Waals surface area contributed by atoms with Crippen LogP contribution in [-0.2, 0) is 0 Å². The molecule has 0 aliphatic carbocycles. The smallest absolute Gasteiger partial charge is 0.125 e. The minimum Gasteiger partial charge on any atom is -0.385 e. The van der Waals surface area contributed by atoms with Crippen molar-refractivity contribution in [3.05, 3.63) is 35.3 Å². The summed E-state index contributed by atoms with van der Waals surface area (Å²) in [6.07, 6.45) is 0. The number of aryl methyl sites for hydroxylation is 2. The number of rotatable bonds is 2. The fraction of sp³-hybridized carbons (Fsp3) is 0.308. The van der Waals surface area contributed by atoms with Gasteiger partial charge in [0.05, 0.1) is 5.52 Å². The Labute approximate surface area is 94.5 Å². The van der Waals surface area contributed by atoms with E-state index in [1.165, 1.54) is 6.07 Å². The van der Waals surface area contributed by atoms with Crippen LogP contribution < -0.4 is 5.32 Å². The Morgan fingerprint density at radius 3 is 2.69 bits per heavy atom. The van der Waals surface area contributed by atoms with E-state index in [1.54, 1.807) is 6.07 Å². The molecule has 0 radical (unpaired) electrons. The van der Waals surface area contributed by atoms with Gasteiger partial charge in [-0.25, -0.2) is 4.39 Å². The highest BCUT2D eigenvalue weighted by molar-refractivity contribution is 5.94. The zero-order chi connectivity index (χ0) is 11.7. The van der Waals surface area contributed by atoms with E-state index < -0.39 is 0 Å². The van der Waals surface area contributed by atoms with Crippen LogP contribution in [0.3, 0.4) is 0 Å². The summed E-state index contributed by atoms with van der Waals surface area (Å²) in [6, 6.07) is 5.02. The average Bonchev–Trinajstić information content (AvgIpc) is 2.15. The van der Waals surface area contributed by atoms with Gasteiger partial charge in [-0.05, 0) is 38.5 Å². The molecule has 1 aromatic heterocycles. The number of benzene rings is 1. The molecule has 0 bridgehead atoms. The zero-order valence-corrected chi connectivity index (χ0v) is 9.76. The van der Waals surface area contributed by atoms with Crippen molar-refractivity contribution in [3.8, 4) is 0 Å². The lowest BCUT2D eigenvalue weighted by atomic mass is 10.1. The number of fused-ring (bicyclic) bond motifs is 1. The molecule has 0 fully saturated rings. The molecule has 0 unspecified atom stereocenters. The molecule has 16 heavy (non-hydrogen) atoms. The van der Waals surface area contributed by atoms with Gasteiger partial charge >= 0.3 is 0 Å². The molecule has 1 N–H and O–H groups in total. The minimum atomic E-state index is -0.231. The first-order chi connectivity index (χ1) is 7.61. The Hall–Kier alpha value is -1.64. The standard InChI is InChI=1S/C13H15FN2/c1-4-15-11-6-9(3)16-12-7-10(14)5-8(2)13(11)12/h5-7H,4H2,1-3H3,(H,15,16). The van der Waals surface area contributed by atoms with Crippen LogP contribution in [0.5, 0.6) is 0 Å². The Balaban J connectivity index is 2.78. The zero-order valence-electron chi connectivity index (χ0n) is 9.76. The molecule has 0 saturated carbocycles. The molecule has 0 spiro atoms. The van der Waals surface area contributed by atoms with E-state index >= 15 is 0 Å². The average molecular weight is 218 g/mol. The number of hydrogen-bond acceptors (Lipinski definition) is 2. The number of hydrogen-bond donors (Lipinski definition) is 1. The normalized spacial score (nSPS) is 10.8. The van der Waals surface area contributed by atoms with E-state index in [-0.39, 0.29) is 5.82 Å². The topological polar surface area (TPSA) is 24.9 Å². The van der Waals surface area contributed by atoms with Crippen LogP contribution >= 0.6 is 0 Å². The van der Waals surface area contributed by atoms with E-state index in [2.05, 4.69) is 10.3 Å². The van der Waals surface area contributed by atoms with E-state index in [1.807, 2.05) is 26.8 Å². The molecule has 0 saturated heterocycles. The summed E-state index contributed by atoms with van der Waals surface area (Å²) in [4.78, 5) is 4.36. The predicted octanol–water partition coefficient (Wildman–Crippen LogP) is 3.42. The van der Waals surface area contributed by atoms with Gasteiger partial charge in [-0.15, -0.1) is 0 Å². The Kier molecular flexibility index (Phi) is 2.77. The number of halogens is 1. The number of nitrogens with one attached hydrogen (secondary N) is 1. The molecular formula is C13H15FN2. The number of anilines is 1. The van der Waals surface area contributed by atoms with Gasteiger partial charge < -0.3 is 5.32 Å². The van der Waals surface area contributed by atoms with Gasteiger partial charge in [0, 0.05) is 29.4 Å². The fourth-order valence-corrected chi connectivity index (χ4v) is 2.00. The lowest BCUT2D eigenvalue weighted by Crippen LogP contribution is -2.00. The second-order valence-corrected chi connectivity index (χ2v) is 3.96. The molecule has 1 aromatic carbocycles. The Morgan fingerprint density at radius 1 is 1.25 bits per heavy atom. The van der Waals surface area contributed by atoms with Crippen LogP contribution in [0.25, 0.3) is 10.9 Å². The van der Waals surface area contributed by atoms with Crippen LogP contribution in [0.1, 0.15) is 18.2 Å². The van der Waals surface area contributed by atoms with Crippen molar-refractivity contribution >= 4 is 16.6 Å². The molecule has 2 nitrogen and oxygen atoms in total. The van der Waals surface area contributed by atoms with Gasteiger partial charge in [-0.2, -0.15) is 0 Å². The molecule has 0 amide bonds. The fourth-order valence-electron chi connectivity index (χ4n) is 2.00. The van der Waals surface area contributed by atoms with Gasteiger partial charge in [-0.3, -0.25) is 4.98 Å². The van der Waals surface area contributed by atoms with Crippen LogP contribution in [0.4, 0.5) is 10.1 Å². The van der Waals surface area contributed by atoms with Crippen molar-refractivity contribution in [1.29, 1.82) is 0 Å². The lowest BCUT2D eigenvalue weighted by molar-refractivity contribution is 0.628. The summed E-state index contributed by atoms with van der Waals surface area (Å²) in [5, 5.41) is 4.30. The SMILES string of the molecule is CCNc1cc(C)nc2cc(F)cc(C)c12. The van der Waals surface area contributed by atoms with Crippen LogP contribution in [0, 0.1) is 19.7 Å². The molecule has 84 valence electrons. The first-order valence-electron chi connectivity index (χ1n) is 5.43. The lowest BCUT2D eigenvalue weighted by Gasteiger charge is -2.11. The second kappa shape index (κ2) is 4.08. The van der Waals surface area contributed by atoms with Crippen molar-refractivity contribution < 1.29 is 4.39 Å². The molecule has 3 heteroatoms. The highest BCUT2D eigenvalue weighted by Gasteiger charge is 2.07. The largest absolute Gasteiger partial charge is 0.385 e. The molecule has 0 atom stereocenters. The Morgan fingerprint density at radius 2 is 2.00 bits per heavy atom. The molecular weight excluding hydrogens is 203 g/mol. The maximum absolute atomic E-state index is 13.3. The molecule has 2 aromatic rings. The quantitative estimate of drug-likeness (QED) is 0.835. The van der Waals surface area contributed by atoms with E-state index in [4.69, 9.17) is 0 Å². The first-order valence-corrected chi connectivity index (χ1v) is 5.43. The highest BCUT2D eigenvalue weighted by atomic mass is 19.1. The first kappa shape index (κ1) is 10.9. The minimum absolute atomic E-state index is 0.231. The highest BCUT2D eigenvalue weighted by Crippen LogP contribution is 2.27. The summed E-state index contributed by atoms with van der Waals surface area (Å²) < 4.78 is 13.3. The predicted molar refractivity (Wildman–Crippen MR) is 65.3 cm³/mol. The molecule has 2 rings (SSSR count). The third-order valence-electron chi connectivity index (χ3n) is 2.57. The van der Waals surface area contributed by atoms with E-state index in [0.29, 0.717) is 5.52 Å². The van der Waals surface area contributed by atoms with Crippen molar-refractivity contribution in [2.45, 2.75) is 20.8 Å². The second-order valence-electron chi connectivity index (χ2n) is 3.96. The van der Waals surface area contributed by atoms with Crippen LogP contribution in [0.15, 0.2) is 18.2 Å². The maximum Gasteiger partial charge on any atom is 0.125 e. The summed E-state index contributed by atoms with van der Waals surface area (Å²) in [6.45, 7) is 6.71. The summed E-state index contributed by atoms with van der Waals surface area (Å²) in [5.74, 6) is -0.231.